The Morgan fingerprint density at radius 1 is 1.56 bits per heavy atom. The largest absolute Gasteiger partial charge is 0.480 e. The number of amides is 1. The lowest BCUT2D eigenvalue weighted by molar-refractivity contribution is -0.141. The van der Waals surface area contributed by atoms with Crippen LogP contribution < -0.4 is 10.9 Å². The summed E-state index contributed by atoms with van der Waals surface area (Å²) in [5.41, 5.74) is -0.0252. The third-order valence-electron chi connectivity index (χ3n) is 2.00. The van der Waals surface area contributed by atoms with Crippen LogP contribution in [0.2, 0.25) is 0 Å². The predicted molar refractivity (Wildman–Crippen MR) is 56.0 cm³/mol. The minimum Gasteiger partial charge on any atom is -0.480 e. The number of H-pyrrole nitrogens is 1. The number of rotatable bonds is 4. The number of nitrogens with one attached hydrogen (secondary N) is 2. The van der Waals surface area contributed by atoms with Crippen LogP contribution in [0.4, 0.5) is 0 Å². The normalized spacial score (nSPS) is 11.8. The molecule has 6 nitrogen and oxygen atoms in total. The van der Waals surface area contributed by atoms with E-state index in [4.69, 9.17) is 5.11 Å². The van der Waals surface area contributed by atoms with E-state index in [1.54, 1.807) is 6.07 Å². The van der Waals surface area contributed by atoms with Gasteiger partial charge < -0.3 is 15.4 Å². The van der Waals surface area contributed by atoms with E-state index in [0.29, 0.717) is 5.56 Å². The fourth-order valence-electron chi connectivity index (χ4n) is 1.28. The number of hydrogen-bond acceptors (Lipinski definition) is 3. The van der Waals surface area contributed by atoms with Crippen molar-refractivity contribution >= 4 is 11.9 Å². The third-order valence-corrected chi connectivity index (χ3v) is 2.00. The molecule has 3 N–H and O–H groups in total. The fraction of sp³-hybridized carbons (Fsp3) is 0.300. The van der Waals surface area contributed by atoms with Crippen LogP contribution in [0.5, 0.6) is 0 Å². The molecule has 1 unspecified atom stereocenters. The van der Waals surface area contributed by atoms with Gasteiger partial charge in [0.1, 0.15) is 6.04 Å². The number of pyridine rings is 1. The van der Waals surface area contributed by atoms with Crippen molar-refractivity contribution in [3.8, 4) is 0 Å². The summed E-state index contributed by atoms with van der Waals surface area (Å²) in [6.45, 7) is 1.23. The number of aromatic amines is 1. The first-order valence-corrected chi connectivity index (χ1v) is 4.67. The number of carboxylic acids is 1. The lowest BCUT2D eigenvalue weighted by Gasteiger charge is -2.12. The molecule has 0 saturated carbocycles. The molecule has 0 aliphatic heterocycles. The summed E-state index contributed by atoms with van der Waals surface area (Å²) in [5, 5.41) is 11.1. The van der Waals surface area contributed by atoms with Gasteiger partial charge in [0.25, 0.3) is 5.56 Å². The molecule has 0 fully saturated rings. The van der Waals surface area contributed by atoms with Crippen molar-refractivity contribution in [3.05, 3.63) is 34.2 Å². The van der Waals surface area contributed by atoms with Crippen LogP contribution in [0.1, 0.15) is 12.5 Å². The lowest BCUT2D eigenvalue weighted by Crippen LogP contribution is -2.42. The molecule has 6 heteroatoms. The second kappa shape index (κ2) is 5.11. The first-order chi connectivity index (χ1) is 7.50. The molecule has 0 saturated heterocycles. The van der Waals surface area contributed by atoms with Gasteiger partial charge in [0.2, 0.25) is 5.91 Å². The average molecular weight is 224 g/mol. The van der Waals surface area contributed by atoms with E-state index in [9.17, 15) is 14.4 Å². The van der Waals surface area contributed by atoms with Crippen molar-refractivity contribution < 1.29 is 14.7 Å². The molecule has 1 rings (SSSR count). The Labute approximate surface area is 91.3 Å². The Bertz CT molecular complexity index is 452. The third kappa shape index (κ3) is 3.23. The SMILES string of the molecule is CC(=O)NC(Cc1ccc[nH]c1=O)C(=O)O. The number of carbonyl (C=O) groups excluding carboxylic acids is 1. The number of hydrogen-bond donors (Lipinski definition) is 3. The van der Waals surface area contributed by atoms with Gasteiger partial charge in [0.15, 0.2) is 0 Å². The van der Waals surface area contributed by atoms with Crippen molar-refractivity contribution in [2.75, 3.05) is 0 Å². The summed E-state index contributed by atoms with van der Waals surface area (Å²) in [4.78, 5) is 35.3. The predicted octanol–water partition coefficient (Wildman–Crippen LogP) is -0.493. The van der Waals surface area contributed by atoms with Crippen LogP contribution in [-0.4, -0.2) is 28.0 Å². The molecule has 1 aromatic heterocycles. The summed E-state index contributed by atoms with van der Waals surface area (Å²) in [6, 6.07) is 2.04. The topological polar surface area (TPSA) is 99.3 Å². The Kier molecular flexibility index (Phi) is 3.82. The fourth-order valence-corrected chi connectivity index (χ4v) is 1.28. The minimum atomic E-state index is -1.17. The van der Waals surface area contributed by atoms with Gasteiger partial charge in [-0.25, -0.2) is 4.79 Å². The minimum absolute atomic E-state index is 0.0366. The molecule has 0 aromatic carbocycles. The highest BCUT2D eigenvalue weighted by atomic mass is 16.4. The van der Waals surface area contributed by atoms with Crippen LogP contribution in [0.25, 0.3) is 0 Å². The van der Waals surface area contributed by atoms with E-state index >= 15 is 0 Å². The van der Waals surface area contributed by atoms with Gasteiger partial charge in [-0.2, -0.15) is 0 Å². The summed E-state index contributed by atoms with van der Waals surface area (Å²) in [5.74, 6) is -1.61. The van der Waals surface area contributed by atoms with Crippen molar-refractivity contribution in [3.63, 3.8) is 0 Å². The quantitative estimate of drug-likeness (QED) is 0.642. The highest BCUT2D eigenvalue weighted by Gasteiger charge is 2.19. The van der Waals surface area contributed by atoms with Gasteiger partial charge in [-0.15, -0.1) is 0 Å². The summed E-state index contributed by atoms with van der Waals surface area (Å²) in [7, 11) is 0. The molecular formula is C10H12N2O4. The molecule has 1 amide bonds. The maximum atomic E-state index is 11.3. The van der Waals surface area contributed by atoms with Crippen LogP contribution in [0.3, 0.4) is 0 Å². The van der Waals surface area contributed by atoms with E-state index < -0.39 is 17.9 Å². The van der Waals surface area contributed by atoms with Crippen molar-refractivity contribution in [2.45, 2.75) is 19.4 Å². The summed E-state index contributed by atoms with van der Waals surface area (Å²) in [6.07, 6.45) is 1.42. The Morgan fingerprint density at radius 2 is 2.25 bits per heavy atom. The van der Waals surface area contributed by atoms with Gasteiger partial charge in [-0.3, -0.25) is 9.59 Å². The number of carboxylic acid groups (broad SMARTS) is 1. The molecule has 86 valence electrons. The lowest BCUT2D eigenvalue weighted by atomic mass is 10.1. The Balaban J connectivity index is 2.84. The zero-order valence-corrected chi connectivity index (χ0v) is 8.69. The van der Waals surface area contributed by atoms with Crippen molar-refractivity contribution in [1.29, 1.82) is 0 Å². The maximum absolute atomic E-state index is 11.3. The van der Waals surface area contributed by atoms with Crippen molar-refractivity contribution in [2.24, 2.45) is 0 Å². The van der Waals surface area contributed by atoms with Crippen LogP contribution in [0.15, 0.2) is 23.1 Å². The first kappa shape index (κ1) is 12.0. The maximum Gasteiger partial charge on any atom is 0.326 e. The molecule has 0 aliphatic carbocycles. The second-order valence-corrected chi connectivity index (χ2v) is 3.32. The van der Waals surface area contributed by atoms with Crippen molar-refractivity contribution in [1.82, 2.24) is 10.3 Å². The van der Waals surface area contributed by atoms with Gasteiger partial charge in [0.05, 0.1) is 0 Å². The molecular weight excluding hydrogens is 212 g/mol. The molecule has 16 heavy (non-hydrogen) atoms. The molecule has 1 aromatic rings. The molecule has 0 aliphatic rings. The Hall–Kier alpha value is -2.11. The van der Waals surface area contributed by atoms with E-state index in [1.807, 2.05) is 0 Å². The van der Waals surface area contributed by atoms with Gasteiger partial charge in [-0.1, -0.05) is 6.07 Å². The zero-order chi connectivity index (χ0) is 12.1. The molecule has 1 heterocycles. The van der Waals surface area contributed by atoms with Gasteiger partial charge in [-0.05, 0) is 6.07 Å². The zero-order valence-electron chi connectivity index (χ0n) is 8.69. The van der Waals surface area contributed by atoms with Gasteiger partial charge in [0, 0.05) is 25.1 Å². The second-order valence-electron chi connectivity index (χ2n) is 3.32. The van der Waals surface area contributed by atoms with E-state index in [2.05, 4.69) is 10.3 Å². The van der Waals surface area contributed by atoms with Crippen LogP contribution >= 0.6 is 0 Å². The van der Waals surface area contributed by atoms with E-state index in [1.165, 1.54) is 19.2 Å². The number of aliphatic carboxylic acids is 1. The molecule has 0 radical (unpaired) electrons. The average Bonchev–Trinajstić information content (AvgIpc) is 2.19. The van der Waals surface area contributed by atoms with E-state index in [0.717, 1.165) is 0 Å². The standard InChI is InChI=1S/C10H12N2O4/c1-6(13)12-8(10(15)16)5-7-3-2-4-11-9(7)14/h2-4,8H,5H2,1H3,(H,11,14)(H,12,13)(H,15,16). The summed E-state index contributed by atoms with van der Waals surface area (Å²) < 4.78 is 0. The van der Waals surface area contributed by atoms with Crippen LogP contribution in [-0.2, 0) is 16.0 Å². The molecule has 0 bridgehead atoms. The van der Waals surface area contributed by atoms with Crippen LogP contribution in [0, 0.1) is 0 Å². The highest BCUT2D eigenvalue weighted by Crippen LogP contribution is 1.97. The number of carbonyl (C=O) groups is 2. The van der Waals surface area contributed by atoms with E-state index in [-0.39, 0.29) is 12.0 Å². The Morgan fingerprint density at radius 3 is 2.75 bits per heavy atom. The molecule has 1 atom stereocenters. The first-order valence-electron chi connectivity index (χ1n) is 4.67. The smallest absolute Gasteiger partial charge is 0.326 e. The highest BCUT2D eigenvalue weighted by molar-refractivity contribution is 5.82. The number of aromatic nitrogens is 1. The van der Waals surface area contributed by atoms with Gasteiger partial charge >= 0.3 is 5.97 Å². The monoisotopic (exact) mass is 224 g/mol. The summed E-state index contributed by atoms with van der Waals surface area (Å²) >= 11 is 0. The molecule has 0 spiro atoms.